The predicted octanol–water partition coefficient (Wildman–Crippen LogP) is -0.174. The maximum absolute atomic E-state index is 4.57. The molecule has 2 aliphatic heterocycles. The Morgan fingerprint density at radius 2 is 1.55 bits per heavy atom. The summed E-state index contributed by atoms with van der Waals surface area (Å²) in [6, 6.07) is 0. The lowest BCUT2D eigenvalue weighted by atomic mass is 9.93. The molecule has 0 atom stereocenters. The summed E-state index contributed by atoms with van der Waals surface area (Å²) in [5.41, 5.74) is 0. The Labute approximate surface area is 67.6 Å². The standard InChI is InChI=1S/C3H7BO2.C2H5BO2/c1-2-4-6-5-3-1;1-2-4-5-3-1/h4H,1-3H2;3H,1-2H2. The minimum Gasteiger partial charge on any atom is -0.310 e. The van der Waals surface area contributed by atoms with Crippen LogP contribution in [0.5, 0.6) is 0 Å². The molecule has 0 aliphatic carbocycles. The molecule has 4 nitrogen and oxygen atoms in total. The molecule has 2 heterocycles. The van der Waals surface area contributed by atoms with Crippen molar-refractivity contribution < 1.29 is 19.4 Å². The summed E-state index contributed by atoms with van der Waals surface area (Å²) in [6.45, 7) is 1.56. The van der Waals surface area contributed by atoms with E-state index in [0.29, 0.717) is 0 Å². The molecule has 62 valence electrons. The van der Waals surface area contributed by atoms with Gasteiger partial charge in [-0.1, -0.05) is 0 Å². The molecule has 0 aromatic carbocycles. The third-order valence-corrected chi connectivity index (χ3v) is 1.33. The van der Waals surface area contributed by atoms with Crippen LogP contribution in [0.25, 0.3) is 0 Å². The van der Waals surface area contributed by atoms with Gasteiger partial charge in [0.2, 0.25) is 0 Å². The van der Waals surface area contributed by atoms with Crippen molar-refractivity contribution in [1.82, 2.24) is 0 Å². The van der Waals surface area contributed by atoms with Crippen LogP contribution in [0.15, 0.2) is 0 Å². The van der Waals surface area contributed by atoms with Gasteiger partial charge >= 0.3 is 15.0 Å². The molecule has 0 bridgehead atoms. The zero-order valence-corrected chi connectivity index (χ0v) is 6.58. The lowest BCUT2D eigenvalue weighted by Crippen LogP contribution is -2.08. The molecule has 0 aromatic rings. The Balaban J connectivity index is 0.000000112. The molecule has 0 aromatic heterocycles. The maximum atomic E-state index is 4.57. The van der Waals surface area contributed by atoms with Gasteiger partial charge < -0.3 is 9.61 Å². The lowest BCUT2D eigenvalue weighted by molar-refractivity contribution is -0.216. The van der Waals surface area contributed by atoms with Crippen molar-refractivity contribution in [3.63, 3.8) is 0 Å². The Bertz CT molecular complexity index is 65.4. The van der Waals surface area contributed by atoms with Gasteiger partial charge in [0, 0.05) is 0 Å². The zero-order chi connectivity index (χ0) is 7.78. The van der Waals surface area contributed by atoms with E-state index in [9.17, 15) is 0 Å². The molecule has 11 heavy (non-hydrogen) atoms. The Kier molecular flexibility index (Phi) is 5.49. The van der Waals surface area contributed by atoms with Crippen LogP contribution in [0.3, 0.4) is 0 Å². The SMILES string of the molecule is B1CCCOO1.B1CCOO1. The molecule has 0 radical (unpaired) electrons. The van der Waals surface area contributed by atoms with E-state index in [1.54, 1.807) is 0 Å². The highest BCUT2D eigenvalue weighted by Crippen LogP contribution is 1.97. The van der Waals surface area contributed by atoms with Gasteiger partial charge in [-0.2, -0.15) is 0 Å². The monoisotopic (exact) mass is 158 g/mol. The summed E-state index contributed by atoms with van der Waals surface area (Å²) in [5, 5.41) is 0. The van der Waals surface area contributed by atoms with E-state index in [1.165, 1.54) is 0 Å². The van der Waals surface area contributed by atoms with Gasteiger partial charge in [-0.25, -0.2) is 0 Å². The number of rotatable bonds is 0. The lowest BCUT2D eigenvalue weighted by Gasteiger charge is -2.06. The molecule has 2 aliphatic rings. The quantitative estimate of drug-likeness (QED) is 0.362. The van der Waals surface area contributed by atoms with E-state index in [4.69, 9.17) is 0 Å². The second-order valence-corrected chi connectivity index (χ2v) is 2.35. The largest absolute Gasteiger partial charge is 0.325 e. The second kappa shape index (κ2) is 6.67. The van der Waals surface area contributed by atoms with Crippen molar-refractivity contribution in [3.05, 3.63) is 0 Å². The van der Waals surface area contributed by atoms with Gasteiger partial charge in [-0.05, 0) is 19.1 Å². The molecule has 0 amide bonds. The maximum Gasteiger partial charge on any atom is 0.325 e. The smallest absolute Gasteiger partial charge is 0.310 e. The van der Waals surface area contributed by atoms with Crippen LogP contribution in [-0.4, -0.2) is 28.2 Å². The summed E-state index contributed by atoms with van der Waals surface area (Å²) in [6.07, 6.45) is 3.36. The average molecular weight is 158 g/mol. The minimum atomic E-state index is 0.778. The van der Waals surface area contributed by atoms with E-state index in [-0.39, 0.29) is 0 Å². The van der Waals surface area contributed by atoms with Crippen LogP contribution in [0, 0.1) is 0 Å². The zero-order valence-electron chi connectivity index (χ0n) is 6.58. The topological polar surface area (TPSA) is 36.9 Å². The van der Waals surface area contributed by atoms with E-state index in [0.717, 1.165) is 47.2 Å². The fourth-order valence-corrected chi connectivity index (χ4v) is 0.734. The van der Waals surface area contributed by atoms with E-state index < -0.39 is 0 Å². The summed E-state index contributed by atoms with van der Waals surface area (Å²) in [5.74, 6) is 0. The molecule has 0 saturated carbocycles. The molecule has 0 N–H and O–H groups in total. The third kappa shape index (κ3) is 5.26. The highest BCUT2D eigenvalue weighted by Gasteiger charge is 2.00. The average Bonchev–Trinajstić information content (AvgIpc) is 2.64. The second-order valence-electron chi connectivity index (χ2n) is 2.35. The predicted molar refractivity (Wildman–Crippen MR) is 42.6 cm³/mol. The van der Waals surface area contributed by atoms with Crippen LogP contribution < -0.4 is 0 Å². The molecule has 2 fully saturated rings. The summed E-state index contributed by atoms with van der Waals surface area (Å²) < 4.78 is 0. The Morgan fingerprint density at radius 3 is 1.73 bits per heavy atom. The van der Waals surface area contributed by atoms with Crippen LogP contribution in [-0.2, 0) is 19.4 Å². The first-order valence-corrected chi connectivity index (χ1v) is 3.99. The highest BCUT2D eigenvalue weighted by atomic mass is 17.2. The Morgan fingerprint density at radius 1 is 0.818 bits per heavy atom. The van der Waals surface area contributed by atoms with Gasteiger partial charge in [0.25, 0.3) is 0 Å². The van der Waals surface area contributed by atoms with E-state index >= 15 is 0 Å². The third-order valence-electron chi connectivity index (χ3n) is 1.33. The molecule has 2 rings (SSSR count). The van der Waals surface area contributed by atoms with Gasteiger partial charge in [0.05, 0.1) is 13.2 Å². The molecular formula is C5H12B2O4. The van der Waals surface area contributed by atoms with Crippen LogP contribution in [0.1, 0.15) is 6.42 Å². The van der Waals surface area contributed by atoms with Gasteiger partial charge in [-0.15, -0.1) is 0 Å². The fourth-order valence-electron chi connectivity index (χ4n) is 0.734. The van der Waals surface area contributed by atoms with E-state index in [2.05, 4.69) is 19.4 Å². The highest BCUT2D eigenvalue weighted by molar-refractivity contribution is 6.27. The van der Waals surface area contributed by atoms with E-state index in [1.807, 2.05) is 0 Å². The first kappa shape index (κ1) is 9.06. The van der Waals surface area contributed by atoms with Gasteiger partial charge in [0.1, 0.15) is 0 Å². The molecule has 2 saturated heterocycles. The van der Waals surface area contributed by atoms with Crippen molar-refractivity contribution >= 4 is 15.0 Å². The van der Waals surface area contributed by atoms with Gasteiger partial charge in [0.15, 0.2) is 0 Å². The molecule has 0 spiro atoms. The Hall–Kier alpha value is -0.0301. The van der Waals surface area contributed by atoms with Crippen molar-refractivity contribution in [2.24, 2.45) is 0 Å². The normalized spacial score (nSPS) is 22.5. The minimum absolute atomic E-state index is 0.778. The van der Waals surface area contributed by atoms with Crippen molar-refractivity contribution in [3.8, 4) is 0 Å². The van der Waals surface area contributed by atoms with Crippen molar-refractivity contribution in [1.29, 1.82) is 0 Å². The van der Waals surface area contributed by atoms with Crippen molar-refractivity contribution in [2.45, 2.75) is 19.1 Å². The first-order chi connectivity index (χ1) is 5.50. The van der Waals surface area contributed by atoms with Crippen LogP contribution >= 0.6 is 0 Å². The molecule has 6 heteroatoms. The van der Waals surface area contributed by atoms with Crippen LogP contribution in [0.4, 0.5) is 0 Å². The van der Waals surface area contributed by atoms with Gasteiger partial charge in [-0.3, -0.25) is 9.78 Å². The van der Waals surface area contributed by atoms with Crippen molar-refractivity contribution in [2.75, 3.05) is 13.2 Å². The number of hydrogen-bond acceptors (Lipinski definition) is 4. The summed E-state index contributed by atoms with van der Waals surface area (Å²) in [7, 11) is 1.56. The summed E-state index contributed by atoms with van der Waals surface area (Å²) in [4.78, 5) is 18.0. The summed E-state index contributed by atoms with van der Waals surface area (Å²) >= 11 is 0. The van der Waals surface area contributed by atoms with Crippen LogP contribution in [0.2, 0.25) is 12.6 Å². The fraction of sp³-hybridized carbons (Fsp3) is 1.00. The molecule has 0 unspecified atom stereocenters. The number of hydrogen-bond donors (Lipinski definition) is 0. The first-order valence-electron chi connectivity index (χ1n) is 3.99. The molecular weight excluding hydrogens is 146 g/mol.